The van der Waals surface area contributed by atoms with Crippen LogP contribution in [0.5, 0.6) is 5.75 Å². The Bertz CT molecular complexity index is 928. The number of hydrogen-bond donors (Lipinski definition) is 2. The molecule has 1 atom stereocenters. The maximum Gasteiger partial charge on any atom is 0.293 e. The fourth-order valence-electron chi connectivity index (χ4n) is 2.77. The lowest BCUT2D eigenvalue weighted by Crippen LogP contribution is -3.06. The smallest absolute Gasteiger partial charge is 0.293 e. The van der Waals surface area contributed by atoms with Crippen molar-refractivity contribution in [1.29, 1.82) is 0 Å². The van der Waals surface area contributed by atoms with Gasteiger partial charge in [-0.25, -0.2) is 8.42 Å². The van der Waals surface area contributed by atoms with E-state index in [0.29, 0.717) is 6.54 Å². The fraction of sp³-hybridized carbons (Fsp3) is 0.333. The van der Waals surface area contributed by atoms with E-state index in [-0.39, 0.29) is 22.3 Å². The Morgan fingerprint density at radius 2 is 1.93 bits per heavy atom. The van der Waals surface area contributed by atoms with Crippen LogP contribution in [0.1, 0.15) is 11.6 Å². The van der Waals surface area contributed by atoms with Crippen LogP contribution in [0.4, 0.5) is 11.4 Å². The number of hydrogen-bond acceptors (Lipinski definition) is 6. The molecule has 0 saturated carbocycles. The van der Waals surface area contributed by atoms with E-state index in [0.717, 1.165) is 28.5 Å². The van der Waals surface area contributed by atoms with E-state index in [2.05, 4.69) is 5.32 Å². The quantitative estimate of drug-likeness (QED) is 0.517. The van der Waals surface area contributed by atoms with Gasteiger partial charge in [-0.15, -0.1) is 0 Å². The second-order valence-corrected chi connectivity index (χ2v) is 8.51. The highest BCUT2D eigenvalue weighted by Gasteiger charge is 2.22. The predicted octanol–water partition coefficient (Wildman–Crippen LogP) is 1.30. The van der Waals surface area contributed by atoms with Crippen molar-refractivity contribution in [2.45, 2.75) is 10.9 Å². The van der Waals surface area contributed by atoms with E-state index in [4.69, 9.17) is 4.74 Å². The maximum atomic E-state index is 11.7. The van der Waals surface area contributed by atoms with E-state index in [1.165, 1.54) is 12.1 Å². The zero-order valence-electron chi connectivity index (χ0n) is 15.7. The summed E-state index contributed by atoms with van der Waals surface area (Å²) in [5, 5.41) is 14.5. The summed E-state index contributed by atoms with van der Waals surface area (Å²) < 4.78 is 28.6. The molecule has 0 bridgehead atoms. The second-order valence-electron chi connectivity index (χ2n) is 6.50. The van der Waals surface area contributed by atoms with Gasteiger partial charge in [-0.2, -0.15) is 0 Å². The lowest BCUT2D eigenvalue weighted by molar-refractivity contribution is -0.890. The van der Waals surface area contributed by atoms with Crippen molar-refractivity contribution in [1.82, 2.24) is 0 Å². The molecular formula is C18H24N3O5S+. The summed E-state index contributed by atoms with van der Waals surface area (Å²) in [4.78, 5) is 11.8. The molecule has 0 spiro atoms. The number of benzene rings is 2. The van der Waals surface area contributed by atoms with Gasteiger partial charge in [0.25, 0.3) is 5.69 Å². The molecule has 2 N–H and O–H groups in total. The minimum atomic E-state index is -3.52. The van der Waals surface area contributed by atoms with Gasteiger partial charge in [0.2, 0.25) is 0 Å². The van der Waals surface area contributed by atoms with Crippen LogP contribution in [-0.2, 0) is 9.84 Å². The first-order chi connectivity index (χ1) is 12.6. The SMILES string of the molecule is COc1cccc([C@H](CNc2ccc(S(C)(=O)=O)cc2[N+](=O)[O-])[NH+](C)C)c1. The molecule has 0 fully saturated rings. The summed E-state index contributed by atoms with van der Waals surface area (Å²) in [6, 6.07) is 11.6. The first-order valence-electron chi connectivity index (χ1n) is 8.30. The topological polar surface area (TPSA) is 103 Å². The first-order valence-corrected chi connectivity index (χ1v) is 10.2. The molecule has 0 aliphatic carbocycles. The zero-order chi connectivity index (χ0) is 20.2. The highest BCUT2D eigenvalue weighted by molar-refractivity contribution is 7.90. The van der Waals surface area contributed by atoms with Gasteiger partial charge in [0, 0.05) is 17.9 Å². The Balaban J connectivity index is 2.30. The molecule has 2 aromatic rings. The van der Waals surface area contributed by atoms with Gasteiger partial charge in [-0.1, -0.05) is 12.1 Å². The van der Waals surface area contributed by atoms with Gasteiger partial charge in [0.15, 0.2) is 9.84 Å². The maximum absolute atomic E-state index is 11.7. The van der Waals surface area contributed by atoms with Crippen LogP contribution in [0.25, 0.3) is 0 Å². The number of sulfone groups is 1. The molecule has 0 aliphatic rings. The highest BCUT2D eigenvalue weighted by atomic mass is 32.2. The number of quaternary nitrogens is 1. The van der Waals surface area contributed by atoms with Gasteiger partial charge in [-0.05, 0) is 24.3 Å². The average molecular weight is 394 g/mol. The molecular weight excluding hydrogens is 370 g/mol. The third kappa shape index (κ3) is 5.18. The number of nitro benzene ring substituents is 1. The minimum Gasteiger partial charge on any atom is -0.497 e. The number of ether oxygens (including phenoxy) is 1. The van der Waals surface area contributed by atoms with Gasteiger partial charge in [-0.3, -0.25) is 10.1 Å². The number of nitrogens with one attached hydrogen (secondary N) is 2. The highest BCUT2D eigenvalue weighted by Crippen LogP contribution is 2.28. The summed E-state index contributed by atoms with van der Waals surface area (Å²) in [5.74, 6) is 0.738. The van der Waals surface area contributed by atoms with Gasteiger partial charge >= 0.3 is 0 Å². The van der Waals surface area contributed by atoms with E-state index in [1.54, 1.807) is 7.11 Å². The number of likely N-dealkylation sites (N-methyl/N-ethyl adjacent to an activating group) is 1. The first kappa shape index (κ1) is 20.7. The zero-order valence-corrected chi connectivity index (χ0v) is 16.5. The molecule has 0 radical (unpaired) electrons. The van der Waals surface area contributed by atoms with Crippen LogP contribution in [0.2, 0.25) is 0 Å². The van der Waals surface area contributed by atoms with Gasteiger partial charge in [0.1, 0.15) is 17.5 Å². The summed E-state index contributed by atoms with van der Waals surface area (Å²) in [5.41, 5.74) is 1.04. The lowest BCUT2D eigenvalue weighted by Gasteiger charge is -2.23. The number of anilines is 1. The van der Waals surface area contributed by atoms with Crippen LogP contribution >= 0.6 is 0 Å². The monoisotopic (exact) mass is 394 g/mol. The van der Waals surface area contributed by atoms with Crippen molar-refractivity contribution in [3.05, 3.63) is 58.1 Å². The van der Waals surface area contributed by atoms with Crippen molar-refractivity contribution in [2.75, 3.05) is 39.3 Å². The molecule has 2 rings (SSSR count). The van der Waals surface area contributed by atoms with E-state index in [9.17, 15) is 18.5 Å². The molecule has 0 unspecified atom stereocenters. The van der Waals surface area contributed by atoms with E-state index < -0.39 is 14.8 Å². The Labute approximate surface area is 158 Å². The van der Waals surface area contributed by atoms with Crippen molar-refractivity contribution < 1.29 is 23.0 Å². The molecule has 27 heavy (non-hydrogen) atoms. The Morgan fingerprint density at radius 1 is 1.22 bits per heavy atom. The van der Waals surface area contributed by atoms with Crippen LogP contribution in [0.15, 0.2) is 47.4 Å². The van der Waals surface area contributed by atoms with Crippen molar-refractivity contribution >= 4 is 21.2 Å². The molecule has 8 nitrogen and oxygen atoms in total. The van der Waals surface area contributed by atoms with Crippen molar-refractivity contribution in [3.63, 3.8) is 0 Å². The molecule has 2 aromatic carbocycles. The Kier molecular flexibility index (Phi) is 6.40. The van der Waals surface area contributed by atoms with Crippen LogP contribution in [-0.4, -0.2) is 47.3 Å². The van der Waals surface area contributed by atoms with Gasteiger partial charge < -0.3 is 15.0 Å². The predicted molar refractivity (Wildman–Crippen MR) is 103 cm³/mol. The van der Waals surface area contributed by atoms with Gasteiger partial charge in [0.05, 0.1) is 37.6 Å². The third-order valence-corrected chi connectivity index (χ3v) is 5.39. The van der Waals surface area contributed by atoms with E-state index in [1.807, 2.05) is 38.4 Å². The summed E-state index contributed by atoms with van der Waals surface area (Å²) in [7, 11) is 2.06. The largest absolute Gasteiger partial charge is 0.497 e. The third-order valence-electron chi connectivity index (χ3n) is 4.28. The van der Waals surface area contributed by atoms with Crippen LogP contribution in [0.3, 0.4) is 0 Å². The molecule has 0 heterocycles. The van der Waals surface area contributed by atoms with Crippen molar-refractivity contribution in [3.8, 4) is 5.75 Å². The lowest BCUT2D eigenvalue weighted by atomic mass is 10.1. The van der Waals surface area contributed by atoms with Crippen molar-refractivity contribution in [2.24, 2.45) is 0 Å². The molecule has 9 heteroatoms. The fourth-order valence-corrected chi connectivity index (χ4v) is 3.41. The number of rotatable bonds is 8. The number of methoxy groups -OCH3 is 1. The summed E-state index contributed by atoms with van der Waals surface area (Å²) in [6.45, 7) is 0.425. The Morgan fingerprint density at radius 3 is 2.48 bits per heavy atom. The normalized spacial score (nSPS) is 12.6. The minimum absolute atomic E-state index is 0.00860. The molecule has 0 amide bonds. The summed E-state index contributed by atoms with van der Waals surface area (Å²) in [6.07, 6.45) is 1.02. The molecule has 0 saturated heterocycles. The van der Waals surface area contributed by atoms with Crippen LogP contribution < -0.4 is 15.0 Å². The van der Waals surface area contributed by atoms with Crippen LogP contribution in [0, 0.1) is 10.1 Å². The number of nitrogens with zero attached hydrogens (tertiary/aromatic N) is 1. The standard InChI is InChI=1S/C18H23N3O5S/c1-20(2)18(13-6-5-7-14(10-13)26-3)12-19-16-9-8-15(27(4,24)25)11-17(16)21(22)23/h5-11,18-19H,12H2,1-4H3/p+1/t18-/m0/s1. The second kappa shape index (κ2) is 8.36. The Hall–Kier alpha value is -2.65. The molecule has 0 aliphatic heterocycles. The molecule has 146 valence electrons. The van der Waals surface area contributed by atoms with E-state index >= 15 is 0 Å². The average Bonchev–Trinajstić information content (AvgIpc) is 2.60. The molecule has 0 aromatic heterocycles. The summed E-state index contributed by atoms with van der Waals surface area (Å²) >= 11 is 0. The number of nitro groups is 1.